The summed E-state index contributed by atoms with van der Waals surface area (Å²) >= 11 is 0. The number of nitrogens with one attached hydrogen (secondary N) is 1. The molecule has 0 unspecified atom stereocenters. The van der Waals surface area contributed by atoms with Crippen molar-refractivity contribution in [3.05, 3.63) is 36.0 Å². The lowest BCUT2D eigenvalue weighted by molar-refractivity contribution is -0.170. The van der Waals surface area contributed by atoms with E-state index in [1.54, 1.807) is 24.1 Å². The smallest absolute Gasteiger partial charge is 0.471 e. The summed E-state index contributed by atoms with van der Waals surface area (Å²) in [5.74, 6) is -3.87. The first-order valence-electron chi connectivity index (χ1n) is 13.9. The third-order valence-corrected chi connectivity index (χ3v) is 7.73. The fourth-order valence-electron chi connectivity index (χ4n) is 5.11. The zero-order valence-electron chi connectivity index (χ0n) is 24.5. The van der Waals surface area contributed by atoms with Crippen LogP contribution >= 0.6 is 0 Å². The zero-order valence-corrected chi connectivity index (χ0v) is 24.5. The standard InChI is InChI=1S/C28H34F3N7O5/c1-6-36(7-2)25-32-15-20(37(16(3)4)24(42)28(29,30)31)21(34-25)33-19(22(39)40)14-17-8-10-18(11-9-17)38-23(41)27(12-13-27)35(5)26(38)43/h8-11,15-16,19H,6-7,12-14H2,1-5H3,(H,39,40)(H,32,33,34)/t19-/m0/s1. The molecule has 1 saturated carbocycles. The molecule has 2 fully saturated rings. The molecule has 43 heavy (non-hydrogen) atoms. The van der Waals surface area contributed by atoms with Gasteiger partial charge in [0, 0.05) is 32.6 Å². The summed E-state index contributed by atoms with van der Waals surface area (Å²) in [6.45, 7) is 7.38. The predicted molar refractivity (Wildman–Crippen MR) is 152 cm³/mol. The van der Waals surface area contributed by atoms with E-state index < -0.39 is 41.7 Å². The average Bonchev–Trinajstić information content (AvgIpc) is 3.73. The number of nitrogens with zero attached hydrogens (tertiary/aromatic N) is 6. The first kappa shape index (κ1) is 31.5. The van der Waals surface area contributed by atoms with E-state index in [2.05, 4.69) is 15.3 Å². The normalized spacial score (nSPS) is 16.6. The van der Waals surface area contributed by atoms with Crippen LogP contribution in [-0.2, 0) is 20.8 Å². The number of aliphatic carboxylic acids is 1. The van der Waals surface area contributed by atoms with Gasteiger partial charge in [0.05, 0.1) is 11.9 Å². The first-order valence-corrected chi connectivity index (χ1v) is 13.9. The Morgan fingerprint density at radius 3 is 2.19 bits per heavy atom. The largest absolute Gasteiger partial charge is 0.480 e. The second-order valence-corrected chi connectivity index (χ2v) is 10.8. The summed E-state index contributed by atoms with van der Waals surface area (Å²) < 4.78 is 40.6. The quantitative estimate of drug-likeness (QED) is 0.368. The number of anilines is 4. The number of amides is 4. The van der Waals surface area contributed by atoms with Crippen LogP contribution in [0.1, 0.15) is 46.1 Å². The van der Waals surface area contributed by atoms with Gasteiger partial charge >= 0.3 is 24.1 Å². The molecule has 0 bridgehead atoms. The Morgan fingerprint density at radius 2 is 1.72 bits per heavy atom. The molecule has 232 valence electrons. The Kier molecular flexibility index (Phi) is 8.56. The van der Waals surface area contributed by atoms with Crippen molar-refractivity contribution in [3.63, 3.8) is 0 Å². The molecular weight excluding hydrogens is 571 g/mol. The molecular formula is C28H34F3N7O5. The van der Waals surface area contributed by atoms with Crippen LogP contribution in [0.2, 0.25) is 0 Å². The Hall–Kier alpha value is -4.43. The van der Waals surface area contributed by atoms with Crippen LogP contribution < -0.4 is 20.0 Å². The summed E-state index contributed by atoms with van der Waals surface area (Å²) in [4.78, 5) is 63.6. The first-order chi connectivity index (χ1) is 20.2. The Labute approximate surface area is 246 Å². The van der Waals surface area contributed by atoms with E-state index in [1.165, 1.54) is 30.9 Å². The Bertz CT molecular complexity index is 1410. The van der Waals surface area contributed by atoms with Crippen molar-refractivity contribution in [2.75, 3.05) is 40.2 Å². The highest BCUT2D eigenvalue weighted by Gasteiger charge is 2.63. The van der Waals surface area contributed by atoms with Gasteiger partial charge < -0.3 is 20.2 Å². The minimum atomic E-state index is -5.20. The monoisotopic (exact) mass is 605 g/mol. The highest BCUT2D eigenvalue weighted by Crippen LogP contribution is 2.48. The third-order valence-electron chi connectivity index (χ3n) is 7.73. The number of alkyl halides is 3. The van der Waals surface area contributed by atoms with Crippen LogP contribution in [0.3, 0.4) is 0 Å². The van der Waals surface area contributed by atoms with E-state index in [0.29, 0.717) is 42.1 Å². The molecule has 2 aliphatic rings. The van der Waals surface area contributed by atoms with E-state index in [4.69, 9.17) is 0 Å². The second kappa shape index (κ2) is 11.7. The molecule has 1 aliphatic carbocycles. The number of halogens is 3. The van der Waals surface area contributed by atoms with E-state index >= 15 is 0 Å². The molecule has 1 spiro atoms. The summed E-state index contributed by atoms with van der Waals surface area (Å²) in [7, 11) is 1.58. The Morgan fingerprint density at radius 1 is 1.12 bits per heavy atom. The van der Waals surface area contributed by atoms with E-state index in [1.807, 2.05) is 13.8 Å². The van der Waals surface area contributed by atoms with Crippen molar-refractivity contribution >= 4 is 47.0 Å². The number of carbonyl (C=O) groups is 4. The van der Waals surface area contributed by atoms with E-state index in [-0.39, 0.29) is 29.8 Å². The maximum atomic E-state index is 13.5. The van der Waals surface area contributed by atoms with Gasteiger partial charge in [-0.05, 0) is 58.2 Å². The molecule has 1 aliphatic heterocycles. The SMILES string of the molecule is CCN(CC)c1ncc(N(C(=O)C(F)(F)F)C(C)C)c(N[C@@H](Cc2ccc(N3C(=O)N(C)C4(CC4)C3=O)cc2)C(=O)O)n1. The van der Waals surface area contributed by atoms with Crippen molar-refractivity contribution in [1.29, 1.82) is 0 Å². The van der Waals surface area contributed by atoms with E-state index in [9.17, 15) is 37.5 Å². The van der Waals surface area contributed by atoms with Crippen LogP contribution in [-0.4, -0.2) is 87.7 Å². The molecule has 4 amide bonds. The highest BCUT2D eigenvalue weighted by molar-refractivity contribution is 6.24. The summed E-state index contributed by atoms with van der Waals surface area (Å²) in [6.07, 6.45) is -3.07. The molecule has 2 heterocycles. The number of rotatable bonds is 11. The molecule has 2 N–H and O–H groups in total. The molecule has 4 rings (SSSR count). The number of likely N-dealkylation sites (N-methyl/N-ethyl adjacent to an activating group) is 1. The van der Waals surface area contributed by atoms with Crippen molar-refractivity contribution in [2.45, 2.75) is 70.8 Å². The molecule has 2 aromatic rings. The van der Waals surface area contributed by atoms with Crippen molar-refractivity contribution in [2.24, 2.45) is 0 Å². The maximum absolute atomic E-state index is 13.5. The van der Waals surface area contributed by atoms with Crippen LogP contribution in [0, 0.1) is 0 Å². The molecule has 1 aromatic heterocycles. The summed E-state index contributed by atoms with van der Waals surface area (Å²) in [5.41, 5.74) is -0.262. The van der Waals surface area contributed by atoms with Crippen molar-refractivity contribution in [1.82, 2.24) is 14.9 Å². The number of imide groups is 1. The number of hydrogen-bond donors (Lipinski definition) is 2. The zero-order chi connectivity index (χ0) is 31.9. The lowest BCUT2D eigenvalue weighted by atomic mass is 10.0. The molecule has 0 radical (unpaired) electrons. The molecule has 1 aromatic carbocycles. The van der Waals surface area contributed by atoms with Gasteiger partial charge in [-0.25, -0.2) is 19.5 Å². The number of carboxylic acids is 1. The topological polar surface area (TPSA) is 139 Å². The van der Waals surface area contributed by atoms with Crippen LogP contribution in [0.4, 0.5) is 41.1 Å². The number of carboxylic acid groups (broad SMARTS) is 1. The van der Waals surface area contributed by atoms with Crippen LogP contribution in [0.5, 0.6) is 0 Å². The van der Waals surface area contributed by atoms with Gasteiger partial charge in [-0.15, -0.1) is 0 Å². The van der Waals surface area contributed by atoms with Gasteiger partial charge in [0.25, 0.3) is 5.91 Å². The van der Waals surface area contributed by atoms with Gasteiger partial charge in [-0.1, -0.05) is 12.1 Å². The lowest BCUT2D eigenvalue weighted by Gasteiger charge is -2.30. The van der Waals surface area contributed by atoms with Crippen LogP contribution in [0.15, 0.2) is 30.5 Å². The predicted octanol–water partition coefficient (Wildman–Crippen LogP) is 3.67. The minimum absolute atomic E-state index is 0.139. The summed E-state index contributed by atoms with van der Waals surface area (Å²) in [6, 6.07) is 3.44. The van der Waals surface area contributed by atoms with Gasteiger partial charge in [-0.3, -0.25) is 14.5 Å². The van der Waals surface area contributed by atoms with Crippen molar-refractivity contribution < 1.29 is 37.5 Å². The minimum Gasteiger partial charge on any atom is -0.480 e. The fraction of sp³-hybridized carbons (Fsp3) is 0.500. The highest BCUT2D eigenvalue weighted by atomic mass is 19.4. The summed E-state index contributed by atoms with van der Waals surface area (Å²) in [5, 5.41) is 12.8. The van der Waals surface area contributed by atoms with Gasteiger partial charge in [0.1, 0.15) is 17.3 Å². The molecule has 1 saturated heterocycles. The van der Waals surface area contributed by atoms with Crippen LogP contribution in [0.25, 0.3) is 0 Å². The third kappa shape index (κ3) is 5.92. The number of carbonyl (C=O) groups excluding carboxylic acids is 3. The molecule has 1 atom stereocenters. The fourth-order valence-corrected chi connectivity index (χ4v) is 5.11. The van der Waals surface area contributed by atoms with Gasteiger partial charge in [-0.2, -0.15) is 18.2 Å². The Balaban J connectivity index is 1.65. The number of hydrogen-bond acceptors (Lipinski definition) is 8. The number of urea groups is 1. The number of benzene rings is 1. The van der Waals surface area contributed by atoms with Gasteiger partial charge in [0.15, 0.2) is 5.82 Å². The molecule has 15 heteroatoms. The molecule has 12 nitrogen and oxygen atoms in total. The van der Waals surface area contributed by atoms with Gasteiger partial charge in [0.2, 0.25) is 5.95 Å². The maximum Gasteiger partial charge on any atom is 0.471 e. The van der Waals surface area contributed by atoms with Crippen molar-refractivity contribution in [3.8, 4) is 0 Å². The average molecular weight is 606 g/mol. The second-order valence-electron chi connectivity index (χ2n) is 10.8. The lowest BCUT2D eigenvalue weighted by Crippen LogP contribution is -2.46. The number of aromatic nitrogens is 2. The van der Waals surface area contributed by atoms with E-state index in [0.717, 1.165) is 11.1 Å².